The largest absolute Gasteiger partial charge is 0.440 e. The highest BCUT2D eigenvalue weighted by molar-refractivity contribution is 5.96. The van der Waals surface area contributed by atoms with Gasteiger partial charge in [0.2, 0.25) is 11.8 Å². The minimum Gasteiger partial charge on any atom is -0.440 e. The minimum atomic E-state index is -0.207. The van der Waals surface area contributed by atoms with Crippen LogP contribution in [0, 0.1) is 5.92 Å². The summed E-state index contributed by atoms with van der Waals surface area (Å²) in [5, 5.41) is 6.42. The Morgan fingerprint density at radius 2 is 2.21 bits per heavy atom. The molecule has 0 spiro atoms. The Hall–Kier alpha value is -2.41. The fraction of sp³-hybridized carbons (Fsp3) is 0.471. The van der Waals surface area contributed by atoms with E-state index in [1.165, 1.54) is 13.3 Å². The van der Waals surface area contributed by atoms with Gasteiger partial charge in [0.25, 0.3) is 5.91 Å². The molecule has 2 fully saturated rings. The zero-order valence-electron chi connectivity index (χ0n) is 13.5. The summed E-state index contributed by atoms with van der Waals surface area (Å²) in [5.74, 6) is 0.669. The van der Waals surface area contributed by atoms with E-state index in [1.807, 2.05) is 0 Å². The first-order valence-corrected chi connectivity index (χ1v) is 8.27. The summed E-state index contributed by atoms with van der Waals surface area (Å²) >= 11 is 0. The van der Waals surface area contributed by atoms with E-state index in [0.717, 1.165) is 31.4 Å². The highest BCUT2D eigenvalue weighted by Gasteiger charge is 2.33. The number of pyridine rings is 1. The zero-order valence-corrected chi connectivity index (χ0v) is 13.5. The van der Waals surface area contributed by atoms with Crippen LogP contribution in [0.4, 0.5) is 5.88 Å². The summed E-state index contributed by atoms with van der Waals surface area (Å²) in [6.45, 7) is 4.63. The van der Waals surface area contributed by atoms with Gasteiger partial charge in [-0.1, -0.05) is 0 Å². The Kier molecular flexibility index (Phi) is 3.72. The topological polar surface area (TPSA) is 87.5 Å². The van der Waals surface area contributed by atoms with E-state index in [2.05, 4.69) is 20.5 Å². The molecule has 0 radical (unpaired) electrons. The van der Waals surface area contributed by atoms with Crippen molar-refractivity contribution in [2.75, 3.05) is 25.0 Å². The van der Waals surface area contributed by atoms with Crippen LogP contribution in [0.15, 0.2) is 22.7 Å². The van der Waals surface area contributed by atoms with Gasteiger partial charge in [-0.25, -0.2) is 0 Å². The minimum absolute atomic E-state index is 0.179. The zero-order chi connectivity index (χ0) is 16.7. The summed E-state index contributed by atoms with van der Waals surface area (Å²) in [4.78, 5) is 30.2. The quantitative estimate of drug-likeness (QED) is 0.894. The second-order valence-corrected chi connectivity index (χ2v) is 6.72. The summed E-state index contributed by atoms with van der Waals surface area (Å²) < 4.78 is 5.54. The smallest absolute Gasteiger partial charge is 0.270 e. The SMILES string of the molecule is CC(=O)Nc1cc2cnc(C(=O)N[C@@H]3C[C@H]4CCN(C4)C3)cc2o1. The number of hydrogen-bond donors (Lipinski definition) is 2. The van der Waals surface area contributed by atoms with E-state index < -0.39 is 0 Å². The number of nitrogens with one attached hydrogen (secondary N) is 2. The van der Waals surface area contributed by atoms with Gasteiger partial charge in [0.05, 0.1) is 0 Å². The van der Waals surface area contributed by atoms with Gasteiger partial charge in [-0.2, -0.15) is 0 Å². The summed E-state index contributed by atoms with van der Waals surface area (Å²) in [7, 11) is 0. The van der Waals surface area contributed by atoms with Crippen molar-refractivity contribution >= 4 is 28.7 Å². The number of amides is 2. The first-order chi connectivity index (χ1) is 11.6. The summed E-state index contributed by atoms with van der Waals surface area (Å²) in [6, 6.07) is 3.49. The maximum Gasteiger partial charge on any atom is 0.270 e. The van der Waals surface area contributed by atoms with Gasteiger partial charge >= 0.3 is 0 Å². The molecule has 2 saturated heterocycles. The maximum absolute atomic E-state index is 12.5. The molecular weight excluding hydrogens is 308 g/mol. The Labute approximate surface area is 139 Å². The first-order valence-electron chi connectivity index (χ1n) is 8.27. The maximum atomic E-state index is 12.5. The molecule has 0 aromatic carbocycles. The van der Waals surface area contributed by atoms with Crippen LogP contribution in [0.1, 0.15) is 30.3 Å². The lowest BCUT2D eigenvalue weighted by Gasteiger charge is -2.30. The van der Waals surface area contributed by atoms with Gasteiger partial charge in [0.1, 0.15) is 11.3 Å². The fourth-order valence-electron chi connectivity index (χ4n) is 3.72. The van der Waals surface area contributed by atoms with Gasteiger partial charge in [-0.15, -0.1) is 0 Å². The molecule has 2 amide bonds. The summed E-state index contributed by atoms with van der Waals surface area (Å²) in [6.07, 6.45) is 3.86. The van der Waals surface area contributed by atoms with E-state index in [4.69, 9.17) is 4.42 Å². The number of nitrogens with zero attached hydrogens (tertiary/aromatic N) is 2. The average molecular weight is 328 g/mol. The van der Waals surface area contributed by atoms with E-state index >= 15 is 0 Å². The van der Waals surface area contributed by atoms with E-state index in [-0.39, 0.29) is 17.9 Å². The molecule has 4 rings (SSSR count). The Morgan fingerprint density at radius 1 is 1.33 bits per heavy atom. The van der Waals surface area contributed by atoms with Gasteiger partial charge in [-0.3, -0.25) is 19.9 Å². The number of piperidine rings is 1. The molecular formula is C17H20N4O3. The Morgan fingerprint density at radius 3 is 3.00 bits per heavy atom. The van der Waals surface area contributed by atoms with Gasteiger partial charge in [0, 0.05) is 49.8 Å². The highest BCUT2D eigenvalue weighted by Crippen LogP contribution is 2.27. The number of carbonyl (C=O) groups is 2. The van der Waals surface area contributed by atoms with Crippen molar-refractivity contribution in [2.45, 2.75) is 25.8 Å². The monoisotopic (exact) mass is 328 g/mol. The predicted molar refractivity (Wildman–Crippen MR) is 88.7 cm³/mol. The lowest BCUT2D eigenvalue weighted by atomic mass is 9.97. The molecule has 2 bridgehead atoms. The van der Waals surface area contributed by atoms with Crippen LogP contribution in [0.3, 0.4) is 0 Å². The summed E-state index contributed by atoms with van der Waals surface area (Å²) in [5.41, 5.74) is 0.866. The van der Waals surface area contributed by atoms with Crippen LogP contribution < -0.4 is 10.6 Å². The standard InChI is InChI=1S/C17H20N4O3/c1-10(22)19-16-5-12-7-18-14(6-15(12)24-16)17(23)20-13-4-11-2-3-21(8-11)9-13/h5-7,11,13H,2-4,8-9H2,1H3,(H,19,22)(H,20,23)/t11-,13-/m1/s1. The Bertz CT molecular complexity index is 788. The number of hydrogen-bond acceptors (Lipinski definition) is 5. The number of rotatable bonds is 3. The molecule has 7 nitrogen and oxygen atoms in total. The van der Waals surface area contributed by atoms with Crippen LogP contribution >= 0.6 is 0 Å². The lowest BCUT2D eigenvalue weighted by Crippen LogP contribution is -2.47. The lowest BCUT2D eigenvalue weighted by molar-refractivity contribution is -0.114. The highest BCUT2D eigenvalue weighted by atomic mass is 16.4. The van der Waals surface area contributed by atoms with Crippen molar-refractivity contribution in [1.82, 2.24) is 15.2 Å². The number of anilines is 1. The molecule has 2 N–H and O–H groups in total. The Balaban J connectivity index is 1.48. The van der Waals surface area contributed by atoms with Crippen LogP contribution in [0.5, 0.6) is 0 Å². The normalized spacial score (nSPS) is 25.6. The molecule has 2 aliphatic rings. The molecule has 2 aliphatic heterocycles. The second-order valence-electron chi connectivity index (χ2n) is 6.72. The van der Waals surface area contributed by atoms with Crippen molar-refractivity contribution < 1.29 is 14.0 Å². The molecule has 2 aromatic heterocycles. The van der Waals surface area contributed by atoms with Crippen molar-refractivity contribution in [3.63, 3.8) is 0 Å². The van der Waals surface area contributed by atoms with Gasteiger partial charge in [0.15, 0.2) is 0 Å². The molecule has 7 heteroatoms. The molecule has 1 unspecified atom stereocenters. The van der Waals surface area contributed by atoms with Gasteiger partial charge in [-0.05, 0) is 25.3 Å². The fourth-order valence-corrected chi connectivity index (χ4v) is 3.72. The predicted octanol–water partition coefficient (Wildman–Crippen LogP) is 1.61. The van der Waals surface area contributed by atoms with Crippen molar-refractivity contribution in [1.29, 1.82) is 0 Å². The van der Waals surface area contributed by atoms with E-state index in [9.17, 15) is 9.59 Å². The van der Waals surface area contributed by atoms with Gasteiger partial charge < -0.3 is 14.6 Å². The van der Waals surface area contributed by atoms with Crippen LogP contribution in [0.2, 0.25) is 0 Å². The molecule has 2 aromatic rings. The van der Waals surface area contributed by atoms with Crippen LogP contribution in [-0.4, -0.2) is 47.4 Å². The molecule has 0 saturated carbocycles. The van der Waals surface area contributed by atoms with Crippen molar-refractivity contribution in [2.24, 2.45) is 5.92 Å². The van der Waals surface area contributed by atoms with Crippen LogP contribution in [0.25, 0.3) is 11.0 Å². The second kappa shape index (κ2) is 5.90. The van der Waals surface area contributed by atoms with Crippen molar-refractivity contribution in [3.05, 3.63) is 24.0 Å². The number of furan rings is 1. The molecule has 4 heterocycles. The number of carbonyl (C=O) groups excluding carboxylic acids is 2. The molecule has 126 valence electrons. The van der Waals surface area contributed by atoms with Crippen molar-refractivity contribution in [3.8, 4) is 0 Å². The first kappa shape index (κ1) is 15.1. The van der Waals surface area contributed by atoms with Crippen LogP contribution in [-0.2, 0) is 4.79 Å². The third-order valence-corrected chi connectivity index (χ3v) is 4.74. The number of aromatic nitrogens is 1. The van der Waals surface area contributed by atoms with E-state index in [0.29, 0.717) is 23.1 Å². The molecule has 3 atom stereocenters. The number of fused-ring (bicyclic) bond motifs is 3. The third-order valence-electron chi connectivity index (χ3n) is 4.74. The molecule has 24 heavy (non-hydrogen) atoms. The third kappa shape index (κ3) is 2.99. The average Bonchev–Trinajstić information content (AvgIpc) is 3.07. The van der Waals surface area contributed by atoms with E-state index in [1.54, 1.807) is 18.3 Å². The molecule has 0 aliphatic carbocycles.